The second kappa shape index (κ2) is 5.57. The van der Waals surface area contributed by atoms with E-state index in [9.17, 15) is 4.79 Å². The van der Waals surface area contributed by atoms with Gasteiger partial charge in [-0.15, -0.1) is 0 Å². The van der Waals surface area contributed by atoms with E-state index >= 15 is 0 Å². The van der Waals surface area contributed by atoms with Crippen LogP contribution in [0.25, 0.3) is 0 Å². The summed E-state index contributed by atoms with van der Waals surface area (Å²) in [5, 5.41) is 3.53. The monoisotopic (exact) mass is 274 g/mol. The van der Waals surface area contributed by atoms with Crippen molar-refractivity contribution in [2.75, 3.05) is 0 Å². The summed E-state index contributed by atoms with van der Waals surface area (Å²) in [5.41, 5.74) is 9.50. The van der Waals surface area contributed by atoms with E-state index < -0.39 is 5.54 Å². The first-order valence-corrected chi connectivity index (χ1v) is 7.50. The van der Waals surface area contributed by atoms with Gasteiger partial charge >= 0.3 is 0 Å². The third-order valence-corrected chi connectivity index (χ3v) is 4.52. The first kappa shape index (κ1) is 15.0. The zero-order valence-corrected chi connectivity index (χ0v) is 13.0. The van der Waals surface area contributed by atoms with E-state index in [2.05, 4.69) is 38.2 Å². The van der Waals surface area contributed by atoms with Crippen molar-refractivity contribution < 1.29 is 4.79 Å². The van der Waals surface area contributed by atoms with Crippen LogP contribution in [-0.2, 0) is 10.3 Å². The average molecular weight is 274 g/mol. The van der Waals surface area contributed by atoms with Gasteiger partial charge in [0.25, 0.3) is 0 Å². The van der Waals surface area contributed by atoms with Gasteiger partial charge in [-0.3, -0.25) is 10.1 Å². The van der Waals surface area contributed by atoms with Crippen LogP contribution in [0.15, 0.2) is 12.1 Å². The summed E-state index contributed by atoms with van der Waals surface area (Å²) in [6, 6.07) is 4.65. The fourth-order valence-corrected chi connectivity index (χ4v) is 3.71. The summed E-state index contributed by atoms with van der Waals surface area (Å²) in [6.45, 7) is 8.13. The molecule has 20 heavy (non-hydrogen) atoms. The van der Waals surface area contributed by atoms with Gasteiger partial charge in [0, 0.05) is 6.04 Å². The SMILES string of the molecule is Cc1cc(C)c(C(C)(NC2CCCC2)C(N)=O)c(C)c1. The minimum Gasteiger partial charge on any atom is -0.368 e. The standard InChI is InChI=1S/C17H26N2O/c1-11-9-12(2)15(13(3)10-11)17(4,16(18)20)19-14-7-5-6-8-14/h9-10,14,19H,5-8H2,1-4H3,(H2,18,20). The highest BCUT2D eigenvalue weighted by Gasteiger charge is 2.38. The quantitative estimate of drug-likeness (QED) is 0.887. The summed E-state index contributed by atoms with van der Waals surface area (Å²) in [7, 11) is 0. The van der Waals surface area contributed by atoms with Gasteiger partial charge in [-0.05, 0) is 57.2 Å². The van der Waals surface area contributed by atoms with Crippen molar-refractivity contribution in [2.45, 2.75) is 65.0 Å². The number of carbonyl (C=O) groups is 1. The van der Waals surface area contributed by atoms with Crippen molar-refractivity contribution in [1.29, 1.82) is 0 Å². The molecule has 1 atom stereocenters. The Morgan fingerprint density at radius 3 is 2.15 bits per heavy atom. The van der Waals surface area contributed by atoms with Crippen molar-refractivity contribution in [3.8, 4) is 0 Å². The molecule has 1 amide bonds. The minimum atomic E-state index is -0.781. The molecule has 2 rings (SSSR count). The van der Waals surface area contributed by atoms with Crippen LogP contribution in [0.4, 0.5) is 0 Å². The first-order valence-electron chi connectivity index (χ1n) is 7.50. The third-order valence-electron chi connectivity index (χ3n) is 4.52. The molecule has 1 unspecified atom stereocenters. The van der Waals surface area contributed by atoms with Crippen LogP contribution in [0.3, 0.4) is 0 Å². The Morgan fingerprint density at radius 2 is 1.70 bits per heavy atom. The van der Waals surface area contributed by atoms with Crippen LogP contribution in [-0.4, -0.2) is 11.9 Å². The summed E-state index contributed by atoms with van der Waals surface area (Å²) >= 11 is 0. The Hall–Kier alpha value is -1.35. The number of hydrogen-bond donors (Lipinski definition) is 2. The zero-order chi connectivity index (χ0) is 14.9. The predicted octanol–water partition coefficient (Wildman–Crippen LogP) is 2.84. The van der Waals surface area contributed by atoms with Crippen molar-refractivity contribution in [3.63, 3.8) is 0 Å². The molecule has 0 spiro atoms. The van der Waals surface area contributed by atoms with Crippen molar-refractivity contribution in [2.24, 2.45) is 5.73 Å². The Labute approximate surface area is 121 Å². The van der Waals surface area contributed by atoms with Gasteiger partial charge in [0.1, 0.15) is 5.54 Å². The molecule has 110 valence electrons. The Morgan fingerprint density at radius 1 is 1.20 bits per heavy atom. The number of aryl methyl sites for hydroxylation is 3. The number of rotatable bonds is 4. The molecule has 0 saturated heterocycles. The molecule has 1 aliphatic rings. The Bertz CT molecular complexity index is 495. The number of benzene rings is 1. The van der Waals surface area contributed by atoms with Crippen LogP contribution < -0.4 is 11.1 Å². The molecule has 1 saturated carbocycles. The van der Waals surface area contributed by atoms with Crippen LogP contribution in [0, 0.1) is 20.8 Å². The minimum absolute atomic E-state index is 0.292. The van der Waals surface area contributed by atoms with Crippen molar-refractivity contribution in [1.82, 2.24) is 5.32 Å². The second-order valence-electron chi connectivity index (χ2n) is 6.39. The first-order chi connectivity index (χ1) is 9.34. The predicted molar refractivity (Wildman–Crippen MR) is 82.6 cm³/mol. The summed E-state index contributed by atoms with van der Waals surface area (Å²) in [4.78, 5) is 12.2. The number of amides is 1. The highest BCUT2D eigenvalue weighted by atomic mass is 16.1. The lowest BCUT2D eigenvalue weighted by Gasteiger charge is -2.34. The van der Waals surface area contributed by atoms with E-state index in [0.29, 0.717) is 6.04 Å². The zero-order valence-electron chi connectivity index (χ0n) is 13.0. The van der Waals surface area contributed by atoms with Gasteiger partial charge in [0.05, 0.1) is 0 Å². The van der Waals surface area contributed by atoms with Crippen molar-refractivity contribution >= 4 is 5.91 Å². The normalized spacial score (nSPS) is 19.0. The van der Waals surface area contributed by atoms with E-state index in [-0.39, 0.29) is 5.91 Å². The highest BCUT2D eigenvalue weighted by molar-refractivity contribution is 5.86. The number of nitrogens with one attached hydrogen (secondary N) is 1. The number of primary amides is 1. The van der Waals surface area contributed by atoms with Crippen LogP contribution in [0.2, 0.25) is 0 Å². The molecule has 0 radical (unpaired) electrons. The molecule has 1 aliphatic carbocycles. The van der Waals surface area contributed by atoms with Gasteiger partial charge < -0.3 is 5.73 Å². The number of hydrogen-bond acceptors (Lipinski definition) is 2. The molecule has 0 heterocycles. The largest absolute Gasteiger partial charge is 0.368 e. The van der Waals surface area contributed by atoms with Gasteiger partial charge in [-0.2, -0.15) is 0 Å². The molecule has 3 heteroatoms. The molecule has 3 nitrogen and oxygen atoms in total. The molecule has 1 aromatic carbocycles. The van der Waals surface area contributed by atoms with E-state index in [1.54, 1.807) is 0 Å². The fourth-order valence-electron chi connectivity index (χ4n) is 3.71. The Balaban J connectivity index is 2.44. The van der Waals surface area contributed by atoms with Gasteiger partial charge in [-0.1, -0.05) is 30.5 Å². The second-order valence-corrected chi connectivity index (χ2v) is 6.39. The fraction of sp³-hybridized carbons (Fsp3) is 0.588. The van der Waals surface area contributed by atoms with Gasteiger partial charge in [0.15, 0.2) is 0 Å². The average Bonchev–Trinajstić information content (AvgIpc) is 2.79. The summed E-state index contributed by atoms with van der Waals surface area (Å²) in [5.74, 6) is -0.292. The topological polar surface area (TPSA) is 55.1 Å². The van der Waals surface area contributed by atoms with Crippen molar-refractivity contribution in [3.05, 3.63) is 34.4 Å². The molecule has 1 aromatic rings. The molecular formula is C17H26N2O. The lowest BCUT2D eigenvalue weighted by molar-refractivity contribution is -0.124. The summed E-state index contributed by atoms with van der Waals surface area (Å²) < 4.78 is 0. The van der Waals surface area contributed by atoms with E-state index in [4.69, 9.17) is 5.73 Å². The smallest absolute Gasteiger partial charge is 0.242 e. The maximum atomic E-state index is 12.2. The third kappa shape index (κ3) is 2.73. The van der Waals surface area contributed by atoms with E-state index in [0.717, 1.165) is 29.5 Å². The highest BCUT2D eigenvalue weighted by Crippen LogP contribution is 2.31. The lowest BCUT2D eigenvalue weighted by Crippen LogP contribution is -2.54. The molecule has 0 aliphatic heterocycles. The Kier molecular flexibility index (Phi) is 4.19. The van der Waals surface area contributed by atoms with Crippen LogP contribution >= 0.6 is 0 Å². The van der Waals surface area contributed by atoms with Crippen LogP contribution in [0.5, 0.6) is 0 Å². The molecular weight excluding hydrogens is 248 g/mol. The molecule has 1 fully saturated rings. The molecule has 0 bridgehead atoms. The maximum absolute atomic E-state index is 12.2. The van der Waals surface area contributed by atoms with E-state index in [1.807, 2.05) is 6.92 Å². The molecule has 0 aromatic heterocycles. The lowest BCUT2D eigenvalue weighted by atomic mass is 9.83. The van der Waals surface area contributed by atoms with E-state index in [1.165, 1.54) is 18.4 Å². The van der Waals surface area contributed by atoms with Gasteiger partial charge in [-0.25, -0.2) is 0 Å². The van der Waals surface area contributed by atoms with Gasteiger partial charge in [0.2, 0.25) is 5.91 Å². The molecule has 3 N–H and O–H groups in total. The number of carbonyl (C=O) groups excluding carboxylic acids is 1. The maximum Gasteiger partial charge on any atom is 0.242 e. The number of nitrogens with two attached hydrogens (primary N) is 1. The summed E-state index contributed by atoms with van der Waals surface area (Å²) in [6.07, 6.45) is 4.73. The van der Waals surface area contributed by atoms with Crippen LogP contribution in [0.1, 0.15) is 54.9 Å².